The van der Waals surface area contributed by atoms with Gasteiger partial charge in [-0.3, -0.25) is 0 Å². The molecule has 2 aromatic rings. The van der Waals surface area contributed by atoms with Crippen LogP contribution in [0.4, 0.5) is 4.39 Å². The number of halogens is 1. The summed E-state index contributed by atoms with van der Waals surface area (Å²) in [5.41, 5.74) is 0.795. The van der Waals surface area contributed by atoms with Crippen LogP contribution >= 0.6 is 0 Å². The van der Waals surface area contributed by atoms with Crippen LogP contribution in [0.15, 0.2) is 28.7 Å². The second kappa shape index (κ2) is 5.30. The number of aromatic nitrogens is 2. The molecule has 1 atom stereocenters. The van der Waals surface area contributed by atoms with E-state index in [0.29, 0.717) is 18.3 Å². The van der Waals surface area contributed by atoms with Crippen LogP contribution in [0.5, 0.6) is 0 Å². The predicted octanol–water partition coefficient (Wildman–Crippen LogP) is 1.72. The highest BCUT2D eigenvalue weighted by molar-refractivity contribution is 5.51. The van der Waals surface area contributed by atoms with Gasteiger partial charge >= 0.3 is 0 Å². The molecule has 6 heteroatoms. The fourth-order valence-electron chi connectivity index (χ4n) is 2.29. The molecule has 1 fully saturated rings. The fraction of sp³-hybridized carbons (Fsp3) is 0.429. The monoisotopic (exact) mass is 276 g/mol. The third-order valence-corrected chi connectivity index (χ3v) is 3.59. The molecule has 1 unspecified atom stereocenters. The molecule has 0 saturated carbocycles. The molecule has 20 heavy (non-hydrogen) atoms. The number of hydrogen-bond acceptors (Lipinski definition) is 5. The van der Waals surface area contributed by atoms with Crippen molar-refractivity contribution in [3.05, 3.63) is 36.0 Å². The highest BCUT2D eigenvalue weighted by Crippen LogP contribution is 2.19. The number of benzene rings is 1. The van der Waals surface area contributed by atoms with E-state index in [1.165, 1.54) is 12.1 Å². The van der Waals surface area contributed by atoms with Gasteiger partial charge in [-0.1, -0.05) is 0 Å². The topological polar surface area (TPSA) is 63.0 Å². The number of hydrogen-bond donors (Lipinski definition) is 2. The van der Waals surface area contributed by atoms with Crippen LogP contribution in [0.2, 0.25) is 0 Å². The number of rotatable bonds is 4. The van der Waals surface area contributed by atoms with Gasteiger partial charge in [-0.2, -0.15) is 0 Å². The third-order valence-electron chi connectivity index (χ3n) is 3.59. The molecule has 1 saturated heterocycles. The maximum absolute atomic E-state index is 12.9. The van der Waals surface area contributed by atoms with Crippen molar-refractivity contribution in [2.75, 3.05) is 13.1 Å². The lowest BCUT2D eigenvalue weighted by molar-refractivity contribution is 0.356. The van der Waals surface area contributed by atoms with Crippen molar-refractivity contribution in [3.8, 4) is 11.5 Å². The largest absolute Gasteiger partial charge is 0.419 e. The molecule has 1 aliphatic heterocycles. The molecule has 0 radical (unpaired) electrons. The first-order chi connectivity index (χ1) is 9.65. The zero-order valence-electron chi connectivity index (χ0n) is 11.3. The van der Waals surface area contributed by atoms with Crippen molar-refractivity contribution in [1.29, 1.82) is 0 Å². The van der Waals surface area contributed by atoms with Gasteiger partial charge in [0.1, 0.15) is 5.82 Å². The van der Waals surface area contributed by atoms with Gasteiger partial charge in [0.15, 0.2) is 0 Å². The summed E-state index contributed by atoms with van der Waals surface area (Å²) in [5, 5.41) is 14.8. The molecular weight excluding hydrogens is 259 g/mol. The Morgan fingerprint density at radius 3 is 2.85 bits per heavy atom. The second-order valence-electron chi connectivity index (χ2n) is 5.35. The first-order valence-electron chi connectivity index (χ1n) is 6.69. The van der Waals surface area contributed by atoms with E-state index in [-0.39, 0.29) is 11.4 Å². The highest BCUT2D eigenvalue weighted by Gasteiger charge is 2.28. The number of nitrogens with one attached hydrogen (secondary N) is 2. The molecule has 3 rings (SSSR count). The van der Waals surface area contributed by atoms with E-state index in [0.717, 1.165) is 25.1 Å². The van der Waals surface area contributed by atoms with Crippen LogP contribution in [0.25, 0.3) is 11.5 Å². The van der Waals surface area contributed by atoms with Crippen LogP contribution in [0.3, 0.4) is 0 Å². The van der Waals surface area contributed by atoms with E-state index >= 15 is 0 Å². The van der Waals surface area contributed by atoms with Crippen molar-refractivity contribution in [2.45, 2.75) is 25.4 Å². The summed E-state index contributed by atoms with van der Waals surface area (Å²) in [6, 6.07) is 6.01. The minimum Gasteiger partial charge on any atom is -0.419 e. The zero-order valence-corrected chi connectivity index (χ0v) is 11.3. The van der Waals surface area contributed by atoms with Crippen molar-refractivity contribution < 1.29 is 8.81 Å². The molecule has 5 nitrogen and oxygen atoms in total. The SMILES string of the molecule is CC1(NCc2nnc(-c3ccc(F)cc3)o2)CCNC1. The molecular formula is C14H17FN4O. The Morgan fingerprint density at radius 1 is 1.35 bits per heavy atom. The molecule has 0 spiro atoms. The van der Waals surface area contributed by atoms with Crippen molar-refractivity contribution in [2.24, 2.45) is 0 Å². The Labute approximate surface area is 116 Å². The Morgan fingerprint density at radius 2 is 2.15 bits per heavy atom. The highest BCUT2D eigenvalue weighted by atomic mass is 19.1. The van der Waals surface area contributed by atoms with Gasteiger partial charge in [0, 0.05) is 17.6 Å². The Kier molecular flexibility index (Phi) is 3.50. The van der Waals surface area contributed by atoms with Gasteiger partial charge < -0.3 is 15.1 Å². The molecule has 0 bridgehead atoms. The summed E-state index contributed by atoms with van der Waals surface area (Å²) < 4.78 is 18.4. The lowest BCUT2D eigenvalue weighted by Gasteiger charge is -2.23. The molecule has 1 aliphatic rings. The first-order valence-corrected chi connectivity index (χ1v) is 6.69. The first kappa shape index (κ1) is 13.2. The summed E-state index contributed by atoms with van der Waals surface area (Å²) >= 11 is 0. The molecule has 0 aliphatic carbocycles. The van der Waals surface area contributed by atoms with Gasteiger partial charge in [0.2, 0.25) is 11.8 Å². The molecule has 0 amide bonds. The van der Waals surface area contributed by atoms with E-state index in [2.05, 4.69) is 27.8 Å². The van der Waals surface area contributed by atoms with E-state index in [1.54, 1.807) is 12.1 Å². The maximum Gasteiger partial charge on any atom is 0.247 e. The predicted molar refractivity (Wildman–Crippen MR) is 72.4 cm³/mol. The van der Waals surface area contributed by atoms with Crippen LogP contribution in [-0.4, -0.2) is 28.8 Å². The summed E-state index contributed by atoms with van der Waals surface area (Å²) in [5.74, 6) is 0.672. The Hall–Kier alpha value is -1.79. The average molecular weight is 276 g/mol. The zero-order chi connectivity index (χ0) is 14.0. The molecule has 2 heterocycles. The Bertz CT molecular complexity index is 575. The standard InChI is InChI=1S/C14H17FN4O/c1-14(6-7-16-9-14)17-8-12-18-19-13(20-12)10-2-4-11(15)5-3-10/h2-5,16-17H,6-9H2,1H3. The summed E-state index contributed by atoms with van der Waals surface area (Å²) in [6.45, 7) is 4.66. The smallest absolute Gasteiger partial charge is 0.247 e. The van der Waals surface area contributed by atoms with Crippen LogP contribution in [0, 0.1) is 5.82 Å². The summed E-state index contributed by atoms with van der Waals surface area (Å²) in [6.07, 6.45) is 1.08. The quantitative estimate of drug-likeness (QED) is 0.890. The normalized spacial score (nSPS) is 22.3. The lowest BCUT2D eigenvalue weighted by atomic mass is 10.0. The lowest BCUT2D eigenvalue weighted by Crippen LogP contribution is -2.43. The number of nitrogens with zero attached hydrogens (tertiary/aromatic N) is 2. The van der Waals surface area contributed by atoms with Gasteiger partial charge in [-0.05, 0) is 44.2 Å². The van der Waals surface area contributed by atoms with Gasteiger partial charge in [0.25, 0.3) is 0 Å². The summed E-state index contributed by atoms with van der Waals surface area (Å²) in [7, 11) is 0. The summed E-state index contributed by atoms with van der Waals surface area (Å²) in [4.78, 5) is 0. The van der Waals surface area contributed by atoms with Crippen molar-refractivity contribution >= 4 is 0 Å². The molecule has 2 N–H and O–H groups in total. The van der Waals surface area contributed by atoms with Crippen LogP contribution in [0.1, 0.15) is 19.2 Å². The fourth-order valence-corrected chi connectivity index (χ4v) is 2.29. The van der Waals surface area contributed by atoms with E-state index in [1.807, 2.05) is 0 Å². The van der Waals surface area contributed by atoms with Crippen molar-refractivity contribution in [1.82, 2.24) is 20.8 Å². The van der Waals surface area contributed by atoms with Crippen LogP contribution in [-0.2, 0) is 6.54 Å². The van der Waals surface area contributed by atoms with Gasteiger partial charge in [0.05, 0.1) is 6.54 Å². The molecule has 106 valence electrons. The third kappa shape index (κ3) is 2.86. The minimum absolute atomic E-state index is 0.0739. The maximum atomic E-state index is 12.9. The van der Waals surface area contributed by atoms with E-state index in [9.17, 15) is 4.39 Å². The second-order valence-corrected chi connectivity index (χ2v) is 5.35. The van der Waals surface area contributed by atoms with E-state index in [4.69, 9.17) is 4.42 Å². The van der Waals surface area contributed by atoms with Gasteiger partial charge in [-0.25, -0.2) is 4.39 Å². The molecule has 1 aromatic carbocycles. The minimum atomic E-state index is -0.281. The molecule has 1 aromatic heterocycles. The van der Waals surface area contributed by atoms with Crippen LogP contribution < -0.4 is 10.6 Å². The van der Waals surface area contributed by atoms with E-state index < -0.39 is 0 Å². The van der Waals surface area contributed by atoms with Gasteiger partial charge in [-0.15, -0.1) is 10.2 Å². The van der Waals surface area contributed by atoms with Crippen molar-refractivity contribution in [3.63, 3.8) is 0 Å². The average Bonchev–Trinajstić information content (AvgIpc) is 3.07. The Balaban J connectivity index is 1.66.